The van der Waals surface area contributed by atoms with Gasteiger partial charge < -0.3 is 20.1 Å². The smallest absolute Gasteiger partial charge is 0.434 e. The maximum absolute atomic E-state index is 12.1. The zero-order valence-corrected chi connectivity index (χ0v) is 16.7. The van der Waals surface area contributed by atoms with E-state index in [1.807, 2.05) is 31.2 Å². The largest absolute Gasteiger partial charge is 0.513 e. The fourth-order valence-corrected chi connectivity index (χ4v) is 2.49. The molecule has 7 nitrogen and oxygen atoms in total. The number of rotatable bonds is 9. The molecule has 0 spiro atoms. The average molecular weight is 398 g/mol. The predicted octanol–water partition coefficient (Wildman–Crippen LogP) is 3.01. The molecule has 0 atom stereocenters. The average Bonchev–Trinajstić information content (AvgIpc) is 2.70. The summed E-state index contributed by atoms with van der Waals surface area (Å²) < 4.78 is 9.62. The normalized spacial score (nSPS) is 10.1. The lowest BCUT2D eigenvalue weighted by atomic mass is 10.1. The highest BCUT2D eigenvalue weighted by Gasteiger charge is 2.08. The number of carbonyl (C=O) groups is 3. The van der Waals surface area contributed by atoms with Crippen molar-refractivity contribution >= 4 is 18.0 Å². The first-order valence-electron chi connectivity index (χ1n) is 9.53. The van der Waals surface area contributed by atoms with Gasteiger partial charge in [-0.1, -0.05) is 29.8 Å². The molecule has 29 heavy (non-hydrogen) atoms. The van der Waals surface area contributed by atoms with Gasteiger partial charge in [-0.2, -0.15) is 0 Å². The van der Waals surface area contributed by atoms with E-state index in [1.165, 1.54) is 12.1 Å². The van der Waals surface area contributed by atoms with Crippen LogP contribution in [0.2, 0.25) is 0 Å². The summed E-state index contributed by atoms with van der Waals surface area (Å²) in [5.74, 6) is 0.0207. The molecule has 0 saturated heterocycles. The molecule has 7 heteroatoms. The fourth-order valence-electron chi connectivity index (χ4n) is 2.49. The lowest BCUT2D eigenvalue weighted by Gasteiger charge is -2.08. The van der Waals surface area contributed by atoms with E-state index in [1.54, 1.807) is 19.1 Å². The van der Waals surface area contributed by atoms with Gasteiger partial charge in [0.2, 0.25) is 5.91 Å². The van der Waals surface area contributed by atoms with Crippen molar-refractivity contribution in [3.05, 3.63) is 65.2 Å². The lowest BCUT2D eigenvalue weighted by Crippen LogP contribution is -2.30. The molecule has 0 aliphatic carbocycles. The van der Waals surface area contributed by atoms with E-state index in [2.05, 4.69) is 15.4 Å². The van der Waals surface area contributed by atoms with Crippen LogP contribution in [-0.4, -0.2) is 37.7 Å². The third kappa shape index (κ3) is 8.04. The Labute approximate surface area is 170 Å². The minimum atomic E-state index is -0.783. The monoisotopic (exact) mass is 398 g/mol. The first-order valence-corrected chi connectivity index (χ1v) is 9.53. The summed E-state index contributed by atoms with van der Waals surface area (Å²) in [6.45, 7) is 4.84. The molecule has 0 aliphatic heterocycles. The highest BCUT2D eigenvalue weighted by Crippen LogP contribution is 2.13. The molecule has 0 unspecified atom stereocenters. The van der Waals surface area contributed by atoms with Crippen molar-refractivity contribution in [2.45, 2.75) is 26.7 Å². The summed E-state index contributed by atoms with van der Waals surface area (Å²) in [6, 6.07) is 14.0. The Bertz CT molecular complexity index is 816. The molecule has 0 saturated carbocycles. The van der Waals surface area contributed by atoms with E-state index >= 15 is 0 Å². The number of benzene rings is 2. The third-order valence-corrected chi connectivity index (χ3v) is 4.03. The molecule has 2 aromatic carbocycles. The minimum absolute atomic E-state index is 0.0441. The summed E-state index contributed by atoms with van der Waals surface area (Å²) in [7, 11) is 0. The van der Waals surface area contributed by atoms with Crippen molar-refractivity contribution in [1.82, 2.24) is 10.6 Å². The van der Waals surface area contributed by atoms with E-state index in [0.29, 0.717) is 37.2 Å². The molecule has 2 amide bonds. The van der Waals surface area contributed by atoms with E-state index in [9.17, 15) is 14.4 Å². The topological polar surface area (TPSA) is 93.7 Å². The van der Waals surface area contributed by atoms with Gasteiger partial charge >= 0.3 is 6.16 Å². The zero-order valence-electron chi connectivity index (χ0n) is 16.7. The van der Waals surface area contributed by atoms with Gasteiger partial charge in [0, 0.05) is 18.7 Å². The first-order chi connectivity index (χ1) is 14.0. The van der Waals surface area contributed by atoms with Crippen molar-refractivity contribution in [1.29, 1.82) is 0 Å². The standard InChI is InChI=1S/C22H26N2O5/c1-3-28-22(27)29-19-11-9-18(10-12-19)21(26)24-14-4-13-23-20(25)15-17-7-5-16(2)6-8-17/h5-12H,3-4,13-15H2,1-2H3,(H,23,25)(H,24,26). The molecule has 0 aromatic heterocycles. The van der Waals surface area contributed by atoms with Crippen LogP contribution in [0, 0.1) is 6.92 Å². The third-order valence-electron chi connectivity index (χ3n) is 4.03. The van der Waals surface area contributed by atoms with E-state index < -0.39 is 6.16 Å². The van der Waals surface area contributed by atoms with E-state index in [-0.39, 0.29) is 18.4 Å². The molecule has 0 fully saturated rings. The minimum Gasteiger partial charge on any atom is -0.434 e. The number of hydrogen-bond acceptors (Lipinski definition) is 5. The van der Waals surface area contributed by atoms with Crippen molar-refractivity contribution in [3.63, 3.8) is 0 Å². The van der Waals surface area contributed by atoms with E-state index in [0.717, 1.165) is 11.1 Å². The van der Waals surface area contributed by atoms with Gasteiger partial charge in [0.05, 0.1) is 13.0 Å². The Kier molecular flexibility index (Phi) is 8.69. The van der Waals surface area contributed by atoms with Crippen LogP contribution in [0.25, 0.3) is 0 Å². The Balaban J connectivity index is 1.64. The van der Waals surface area contributed by atoms with Crippen LogP contribution in [0.1, 0.15) is 34.8 Å². The molecular formula is C22H26N2O5. The molecule has 2 aromatic rings. The number of hydrogen-bond donors (Lipinski definition) is 2. The quantitative estimate of drug-likeness (QED) is 0.385. The lowest BCUT2D eigenvalue weighted by molar-refractivity contribution is -0.120. The number of carbonyl (C=O) groups excluding carboxylic acids is 3. The highest BCUT2D eigenvalue weighted by molar-refractivity contribution is 5.94. The number of ether oxygens (including phenoxy) is 2. The van der Waals surface area contributed by atoms with E-state index in [4.69, 9.17) is 4.74 Å². The van der Waals surface area contributed by atoms with Crippen molar-refractivity contribution in [2.75, 3.05) is 19.7 Å². The van der Waals surface area contributed by atoms with Gasteiger partial charge in [0.15, 0.2) is 0 Å². The van der Waals surface area contributed by atoms with Gasteiger partial charge in [-0.15, -0.1) is 0 Å². The SMILES string of the molecule is CCOC(=O)Oc1ccc(C(=O)NCCCNC(=O)Cc2ccc(C)cc2)cc1. The van der Waals surface area contributed by atoms with Crippen LogP contribution < -0.4 is 15.4 Å². The van der Waals surface area contributed by atoms with Gasteiger partial charge in [0.1, 0.15) is 5.75 Å². The van der Waals surface area contributed by atoms with Gasteiger partial charge in [0.25, 0.3) is 5.91 Å². The zero-order chi connectivity index (χ0) is 21.1. The van der Waals surface area contributed by atoms with Gasteiger partial charge in [-0.25, -0.2) is 4.79 Å². The Hall–Kier alpha value is -3.35. The maximum Gasteiger partial charge on any atom is 0.513 e. The molecule has 2 N–H and O–H groups in total. The highest BCUT2D eigenvalue weighted by atomic mass is 16.7. The Morgan fingerprint density at radius 1 is 0.897 bits per heavy atom. The number of aryl methyl sites for hydroxylation is 1. The summed E-state index contributed by atoms with van der Waals surface area (Å²) in [5, 5.41) is 5.63. The van der Waals surface area contributed by atoms with Crippen molar-refractivity contribution < 1.29 is 23.9 Å². The molecular weight excluding hydrogens is 372 g/mol. The Morgan fingerprint density at radius 2 is 1.55 bits per heavy atom. The summed E-state index contributed by atoms with van der Waals surface area (Å²) in [4.78, 5) is 35.3. The molecule has 0 bridgehead atoms. The number of amides is 2. The van der Waals surface area contributed by atoms with Gasteiger partial charge in [-0.3, -0.25) is 9.59 Å². The van der Waals surface area contributed by atoms with Crippen molar-refractivity contribution in [3.8, 4) is 5.75 Å². The summed E-state index contributed by atoms with van der Waals surface area (Å²) in [5.41, 5.74) is 2.58. The second-order valence-corrected chi connectivity index (χ2v) is 6.43. The second-order valence-electron chi connectivity index (χ2n) is 6.43. The molecule has 0 radical (unpaired) electrons. The molecule has 2 rings (SSSR count). The second kappa shape index (κ2) is 11.5. The Morgan fingerprint density at radius 3 is 2.21 bits per heavy atom. The predicted molar refractivity (Wildman–Crippen MR) is 109 cm³/mol. The molecule has 0 aliphatic rings. The first kappa shape index (κ1) is 21.9. The van der Waals surface area contributed by atoms with Crippen LogP contribution in [0.3, 0.4) is 0 Å². The summed E-state index contributed by atoms with van der Waals surface area (Å²) in [6.07, 6.45) is 0.177. The maximum atomic E-state index is 12.1. The van der Waals surface area contributed by atoms with Crippen LogP contribution in [0.5, 0.6) is 5.75 Å². The number of nitrogens with one attached hydrogen (secondary N) is 2. The fraction of sp³-hybridized carbons (Fsp3) is 0.318. The van der Waals surface area contributed by atoms with Crippen LogP contribution >= 0.6 is 0 Å². The van der Waals surface area contributed by atoms with Crippen LogP contribution in [-0.2, 0) is 16.0 Å². The molecule has 154 valence electrons. The van der Waals surface area contributed by atoms with Gasteiger partial charge in [-0.05, 0) is 50.1 Å². The molecule has 0 heterocycles. The summed E-state index contributed by atoms with van der Waals surface area (Å²) >= 11 is 0. The van der Waals surface area contributed by atoms with Crippen LogP contribution in [0.15, 0.2) is 48.5 Å². The van der Waals surface area contributed by atoms with Crippen molar-refractivity contribution in [2.24, 2.45) is 0 Å². The van der Waals surface area contributed by atoms with Crippen LogP contribution in [0.4, 0.5) is 4.79 Å².